The Morgan fingerprint density at radius 3 is 2.50 bits per heavy atom. The average molecular weight is 317 g/mol. The van der Waals surface area contributed by atoms with E-state index in [-0.39, 0.29) is 12.8 Å². The third-order valence-electron chi connectivity index (χ3n) is 3.36. The summed E-state index contributed by atoms with van der Waals surface area (Å²) in [5.74, 6) is -0.450. The number of carbonyl (C=O) groups is 2. The predicted molar refractivity (Wildman–Crippen MR) is 68.8 cm³/mol. The Hall–Kier alpha value is -2.25. The van der Waals surface area contributed by atoms with Gasteiger partial charge in [0.25, 0.3) is 0 Å². The second-order valence-corrected chi connectivity index (χ2v) is 4.80. The van der Waals surface area contributed by atoms with Gasteiger partial charge in [-0.3, -0.25) is 4.79 Å². The van der Waals surface area contributed by atoms with Gasteiger partial charge in [0.15, 0.2) is 0 Å². The first kappa shape index (κ1) is 16.1. The van der Waals surface area contributed by atoms with E-state index in [1.165, 1.54) is 19.2 Å². The van der Waals surface area contributed by atoms with E-state index < -0.39 is 35.9 Å². The molecule has 1 fully saturated rings. The van der Waals surface area contributed by atoms with Crippen molar-refractivity contribution in [3.05, 3.63) is 35.4 Å². The lowest BCUT2D eigenvalue weighted by atomic mass is 9.98. The quantitative estimate of drug-likeness (QED) is 0.867. The first-order valence-electron chi connectivity index (χ1n) is 6.52. The number of carbonyl (C=O) groups excluding carboxylic acids is 2. The van der Waals surface area contributed by atoms with Crippen LogP contribution in [0, 0.1) is 0 Å². The maximum absolute atomic E-state index is 12.5. The predicted octanol–water partition coefficient (Wildman–Crippen LogP) is 2.81. The number of cyclic esters (lactones) is 1. The molecule has 0 spiro atoms. The summed E-state index contributed by atoms with van der Waals surface area (Å²) in [6, 6.07) is 3.86. The van der Waals surface area contributed by atoms with Crippen LogP contribution in [-0.2, 0) is 20.4 Å². The van der Waals surface area contributed by atoms with E-state index in [9.17, 15) is 22.8 Å². The van der Waals surface area contributed by atoms with Crippen molar-refractivity contribution in [1.82, 2.24) is 5.32 Å². The van der Waals surface area contributed by atoms with Crippen LogP contribution in [0.3, 0.4) is 0 Å². The molecule has 2 atom stereocenters. The summed E-state index contributed by atoms with van der Waals surface area (Å²) in [4.78, 5) is 22.5. The number of amides is 1. The summed E-state index contributed by atoms with van der Waals surface area (Å²) in [6.45, 7) is 0. The Balaban J connectivity index is 2.11. The van der Waals surface area contributed by atoms with Gasteiger partial charge in [0.2, 0.25) is 0 Å². The highest BCUT2D eigenvalue weighted by Crippen LogP contribution is 2.32. The van der Waals surface area contributed by atoms with E-state index >= 15 is 0 Å². The van der Waals surface area contributed by atoms with Gasteiger partial charge in [-0.15, -0.1) is 0 Å². The average Bonchev–Trinajstić information content (AvgIpc) is 2.85. The van der Waals surface area contributed by atoms with Crippen molar-refractivity contribution in [2.24, 2.45) is 0 Å². The molecular weight excluding hydrogens is 303 g/mol. The molecule has 0 radical (unpaired) electrons. The van der Waals surface area contributed by atoms with Crippen molar-refractivity contribution >= 4 is 12.1 Å². The molecule has 5 nitrogen and oxygen atoms in total. The summed E-state index contributed by atoms with van der Waals surface area (Å²) in [6.07, 6.45) is -5.45. The normalized spacial score (nSPS) is 21.2. The Bertz CT molecular complexity index is 556. The fourth-order valence-electron chi connectivity index (χ4n) is 2.22. The lowest BCUT2D eigenvalue weighted by molar-refractivity contribution is -0.141. The molecule has 1 heterocycles. The van der Waals surface area contributed by atoms with E-state index in [0.717, 1.165) is 12.1 Å². The fraction of sp³-hybridized carbons (Fsp3) is 0.429. The maximum Gasteiger partial charge on any atom is 0.416 e. The lowest BCUT2D eigenvalue weighted by Gasteiger charge is -2.17. The van der Waals surface area contributed by atoms with E-state index in [2.05, 4.69) is 10.1 Å². The molecule has 1 aromatic carbocycles. The second kappa shape index (κ2) is 6.25. The summed E-state index contributed by atoms with van der Waals surface area (Å²) >= 11 is 0. The van der Waals surface area contributed by atoms with Gasteiger partial charge in [0, 0.05) is 6.42 Å². The number of rotatable bonds is 4. The molecule has 1 aliphatic rings. The van der Waals surface area contributed by atoms with Crippen LogP contribution in [0.15, 0.2) is 24.3 Å². The van der Waals surface area contributed by atoms with Crippen LogP contribution < -0.4 is 5.32 Å². The number of hydrogen-bond donors (Lipinski definition) is 1. The van der Waals surface area contributed by atoms with Crippen molar-refractivity contribution in [3.8, 4) is 0 Å². The molecule has 1 N–H and O–H groups in total. The monoisotopic (exact) mass is 317 g/mol. The van der Waals surface area contributed by atoms with Crippen LogP contribution in [0.1, 0.15) is 30.0 Å². The van der Waals surface area contributed by atoms with E-state index in [0.29, 0.717) is 5.56 Å². The first-order valence-corrected chi connectivity index (χ1v) is 6.52. The van der Waals surface area contributed by atoms with Crippen LogP contribution in [0.5, 0.6) is 0 Å². The SMILES string of the molecule is COC(=O)CCC1OC(=O)NC1c1ccc(C(F)(F)F)cc1. The van der Waals surface area contributed by atoms with Gasteiger partial charge in [-0.05, 0) is 24.1 Å². The maximum atomic E-state index is 12.5. The molecule has 1 amide bonds. The number of nitrogens with one attached hydrogen (secondary N) is 1. The highest BCUT2D eigenvalue weighted by molar-refractivity contribution is 5.72. The van der Waals surface area contributed by atoms with Crippen molar-refractivity contribution in [3.63, 3.8) is 0 Å². The number of halogens is 3. The van der Waals surface area contributed by atoms with Crippen LogP contribution in [0.4, 0.5) is 18.0 Å². The zero-order chi connectivity index (χ0) is 16.3. The van der Waals surface area contributed by atoms with E-state index in [1.54, 1.807) is 0 Å². The number of methoxy groups -OCH3 is 1. The lowest BCUT2D eigenvalue weighted by Crippen LogP contribution is -2.23. The Morgan fingerprint density at radius 2 is 1.95 bits per heavy atom. The third kappa shape index (κ3) is 3.69. The van der Waals surface area contributed by atoms with E-state index in [4.69, 9.17) is 4.74 Å². The third-order valence-corrected chi connectivity index (χ3v) is 3.36. The van der Waals surface area contributed by atoms with Gasteiger partial charge in [-0.2, -0.15) is 13.2 Å². The number of benzene rings is 1. The number of alkyl carbamates (subject to hydrolysis) is 1. The molecule has 0 bridgehead atoms. The van der Waals surface area contributed by atoms with Gasteiger partial charge in [-0.25, -0.2) is 4.79 Å². The van der Waals surface area contributed by atoms with Gasteiger partial charge in [-0.1, -0.05) is 12.1 Å². The standard InChI is InChI=1S/C14H14F3NO4/c1-21-11(19)7-6-10-12(18-13(20)22-10)8-2-4-9(5-3-8)14(15,16)17/h2-5,10,12H,6-7H2,1H3,(H,18,20). The molecule has 2 rings (SSSR count). The summed E-state index contributed by atoms with van der Waals surface area (Å²) in [7, 11) is 1.24. The largest absolute Gasteiger partial charge is 0.469 e. The number of alkyl halides is 3. The van der Waals surface area contributed by atoms with Crippen LogP contribution in [-0.4, -0.2) is 25.3 Å². The molecule has 1 saturated heterocycles. The Kier molecular flexibility index (Phi) is 4.58. The molecule has 120 valence electrons. The molecule has 0 saturated carbocycles. The van der Waals surface area contributed by atoms with Crippen LogP contribution in [0.2, 0.25) is 0 Å². The zero-order valence-corrected chi connectivity index (χ0v) is 11.6. The van der Waals surface area contributed by atoms with Gasteiger partial charge >= 0.3 is 18.2 Å². The highest BCUT2D eigenvalue weighted by atomic mass is 19.4. The van der Waals surface area contributed by atoms with Crippen molar-refractivity contribution in [2.45, 2.75) is 31.2 Å². The molecule has 22 heavy (non-hydrogen) atoms. The van der Waals surface area contributed by atoms with Gasteiger partial charge in [0.05, 0.1) is 18.7 Å². The van der Waals surface area contributed by atoms with Crippen molar-refractivity contribution < 1.29 is 32.2 Å². The zero-order valence-electron chi connectivity index (χ0n) is 11.6. The highest BCUT2D eigenvalue weighted by Gasteiger charge is 2.36. The van der Waals surface area contributed by atoms with Gasteiger partial charge in [0.1, 0.15) is 6.10 Å². The van der Waals surface area contributed by atoms with Crippen LogP contribution >= 0.6 is 0 Å². The minimum absolute atomic E-state index is 0.0489. The minimum atomic E-state index is -4.42. The molecule has 1 aliphatic heterocycles. The number of esters is 1. The number of ether oxygens (including phenoxy) is 2. The number of hydrogen-bond acceptors (Lipinski definition) is 4. The minimum Gasteiger partial charge on any atom is -0.469 e. The fourth-order valence-corrected chi connectivity index (χ4v) is 2.22. The summed E-state index contributed by atoms with van der Waals surface area (Å²) in [5.41, 5.74) is -0.290. The van der Waals surface area contributed by atoms with Crippen LogP contribution in [0.25, 0.3) is 0 Å². The molecule has 8 heteroatoms. The molecule has 1 aromatic rings. The molecule has 0 aliphatic carbocycles. The van der Waals surface area contributed by atoms with Crippen molar-refractivity contribution in [2.75, 3.05) is 7.11 Å². The Morgan fingerprint density at radius 1 is 1.32 bits per heavy atom. The summed E-state index contributed by atoms with van der Waals surface area (Å²) in [5, 5.41) is 2.53. The molecular formula is C14H14F3NO4. The second-order valence-electron chi connectivity index (χ2n) is 4.80. The van der Waals surface area contributed by atoms with E-state index in [1.807, 2.05) is 0 Å². The smallest absolute Gasteiger partial charge is 0.416 e. The summed E-state index contributed by atoms with van der Waals surface area (Å²) < 4.78 is 47.2. The van der Waals surface area contributed by atoms with Crippen molar-refractivity contribution in [1.29, 1.82) is 0 Å². The topological polar surface area (TPSA) is 64.6 Å². The Labute approximate surface area is 124 Å². The first-order chi connectivity index (χ1) is 10.3. The van der Waals surface area contributed by atoms with Gasteiger partial charge < -0.3 is 14.8 Å². The molecule has 0 aromatic heterocycles. The molecule has 2 unspecified atom stereocenters.